The van der Waals surface area contributed by atoms with Crippen molar-refractivity contribution >= 4 is 22.7 Å². The Bertz CT molecular complexity index is 812. The number of furan rings is 1. The van der Waals surface area contributed by atoms with Gasteiger partial charge in [0.05, 0.1) is 16.5 Å². The maximum absolute atomic E-state index is 10.9. The monoisotopic (exact) mass is 316 g/mol. The van der Waals surface area contributed by atoms with Crippen molar-refractivity contribution in [2.45, 2.75) is 13.5 Å². The Hall–Kier alpha value is -2.74. The molecule has 0 atom stereocenters. The predicted octanol–water partition coefficient (Wildman–Crippen LogP) is 3.63. The molecule has 0 aliphatic carbocycles. The number of pyridine rings is 1. The van der Waals surface area contributed by atoms with Crippen LogP contribution in [0.1, 0.15) is 10.8 Å². The van der Waals surface area contributed by atoms with Crippen LogP contribution in [0.2, 0.25) is 0 Å². The van der Waals surface area contributed by atoms with Crippen molar-refractivity contribution in [3.8, 4) is 11.5 Å². The Morgan fingerprint density at radius 2 is 2.27 bits per heavy atom. The largest absolute Gasteiger partial charge is 0.458 e. The first kappa shape index (κ1) is 14.2. The Morgan fingerprint density at radius 3 is 3.00 bits per heavy atom. The van der Waals surface area contributed by atoms with Crippen molar-refractivity contribution in [2.24, 2.45) is 0 Å². The van der Waals surface area contributed by atoms with Gasteiger partial charge in [-0.3, -0.25) is 15.1 Å². The third-order valence-electron chi connectivity index (χ3n) is 2.98. The van der Waals surface area contributed by atoms with Gasteiger partial charge in [-0.05, 0) is 25.1 Å². The van der Waals surface area contributed by atoms with E-state index in [0.717, 1.165) is 10.7 Å². The molecule has 1 N–H and O–H groups in total. The number of nitrogens with one attached hydrogen (secondary N) is 1. The second kappa shape index (κ2) is 5.94. The molecular formula is C14H12N4O3S. The first-order valence-electron chi connectivity index (χ1n) is 6.47. The number of nitrogens with zero attached hydrogens (tertiary/aromatic N) is 3. The van der Waals surface area contributed by atoms with Crippen molar-refractivity contribution in [3.63, 3.8) is 0 Å². The van der Waals surface area contributed by atoms with E-state index in [2.05, 4.69) is 15.3 Å². The second-order valence-corrected chi connectivity index (χ2v) is 5.58. The van der Waals surface area contributed by atoms with Crippen molar-refractivity contribution in [1.82, 2.24) is 9.97 Å². The number of hydrogen-bond donors (Lipinski definition) is 1. The summed E-state index contributed by atoms with van der Waals surface area (Å²) in [6.45, 7) is 2.27. The molecule has 0 aromatic carbocycles. The summed E-state index contributed by atoms with van der Waals surface area (Å²) >= 11 is 1.56. The zero-order chi connectivity index (χ0) is 15.5. The van der Waals surface area contributed by atoms with Crippen LogP contribution in [0.25, 0.3) is 11.5 Å². The van der Waals surface area contributed by atoms with E-state index in [1.165, 1.54) is 12.4 Å². The van der Waals surface area contributed by atoms with E-state index in [-0.39, 0.29) is 5.69 Å². The summed E-state index contributed by atoms with van der Waals surface area (Å²) in [4.78, 5) is 18.6. The molecule has 112 valence electrons. The smallest absolute Gasteiger partial charge is 0.310 e. The average Bonchev–Trinajstić information content (AvgIpc) is 3.14. The van der Waals surface area contributed by atoms with E-state index < -0.39 is 4.92 Å². The molecule has 0 saturated heterocycles. The third-order valence-corrected chi connectivity index (χ3v) is 3.76. The Morgan fingerprint density at radius 1 is 1.41 bits per heavy atom. The van der Waals surface area contributed by atoms with Gasteiger partial charge < -0.3 is 9.73 Å². The number of rotatable bonds is 5. The fourth-order valence-electron chi connectivity index (χ4n) is 1.95. The van der Waals surface area contributed by atoms with Crippen LogP contribution < -0.4 is 5.32 Å². The molecule has 22 heavy (non-hydrogen) atoms. The number of thiazole rings is 1. The summed E-state index contributed by atoms with van der Waals surface area (Å²) < 4.78 is 5.70. The fourth-order valence-corrected chi connectivity index (χ4v) is 2.55. The second-order valence-electron chi connectivity index (χ2n) is 4.52. The Labute approximate surface area is 129 Å². The summed E-state index contributed by atoms with van der Waals surface area (Å²) in [5.41, 5.74) is 1.13. The lowest BCUT2D eigenvalue weighted by molar-refractivity contribution is -0.384. The number of hydrogen-bond acceptors (Lipinski definition) is 7. The number of nitro groups is 1. The molecule has 0 aliphatic heterocycles. The normalized spacial score (nSPS) is 10.6. The van der Waals surface area contributed by atoms with Crippen LogP contribution in [0.15, 0.2) is 40.4 Å². The SMILES string of the molecule is Cc1nc(-c2ccc(CNc3ccncc3[N+](=O)[O-])o2)cs1. The van der Waals surface area contributed by atoms with Crippen LogP contribution >= 0.6 is 11.3 Å². The maximum Gasteiger partial charge on any atom is 0.310 e. The lowest BCUT2D eigenvalue weighted by Crippen LogP contribution is -2.02. The highest BCUT2D eigenvalue weighted by Crippen LogP contribution is 2.26. The molecule has 0 unspecified atom stereocenters. The highest BCUT2D eigenvalue weighted by Gasteiger charge is 2.14. The molecule has 0 fully saturated rings. The summed E-state index contributed by atoms with van der Waals surface area (Å²) in [6, 6.07) is 5.22. The van der Waals surface area contributed by atoms with Crippen LogP contribution in [0.4, 0.5) is 11.4 Å². The van der Waals surface area contributed by atoms with Gasteiger partial charge in [0.2, 0.25) is 0 Å². The average molecular weight is 316 g/mol. The zero-order valence-electron chi connectivity index (χ0n) is 11.6. The Balaban J connectivity index is 1.73. The molecule has 3 rings (SSSR count). The van der Waals surface area contributed by atoms with Crippen LogP contribution in [-0.2, 0) is 6.54 Å². The zero-order valence-corrected chi connectivity index (χ0v) is 12.5. The van der Waals surface area contributed by atoms with Gasteiger partial charge in [0, 0.05) is 11.6 Å². The fraction of sp³-hybridized carbons (Fsp3) is 0.143. The first-order chi connectivity index (χ1) is 10.6. The van der Waals surface area contributed by atoms with E-state index in [0.29, 0.717) is 23.8 Å². The summed E-state index contributed by atoms with van der Waals surface area (Å²) in [7, 11) is 0. The molecule has 0 amide bonds. The van der Waals surface area contributed by atoms with Crippen molar-refractivity contribution < 1.29 is 9.34 Å². The standard InChI is InChI=1S/C14H12N4O3S/c1-9-17-12(8-22-9)14-3-2-10(21-14)6-16-11-4-5-15-7-13(11)18(19)20/h2-5,7-8H,6H2,1H3,(H,15,16). The molecule has 3 aromatic heterocycles. The predicted molar refractivity (Wildman–Crippen MR) is 82.8 cm³/mol. The van der Waals surface area contributed by atoms with Crippen molar-refractivity contribution in [1.29, 1.82) is 0 Å². The van der Waals surface area contributed by atoms with E-state index in [1.807, 2.05) is 24.4 Å². The van der Waals surface area contributed by atoms with Gasteiger partial charge in [0.25, 0.3) is 0 Å². The quantitative estimate of drug-likeness (QED) is 0.570. The highest BCUT2D eigenvalue weighted by atomic mass is 32.1. The van der Waals surface area contributed by atoms with Crippen molar-refractivity contribution in [2.75, 3.05) is 5.32 Å². The van der Waals surface area contributed by atoms with Crippen LogP contribution in [0.5, 0.6) is 0 Å². The molecule has 7 nitrogen and oxygen atoms in total. The van der Waals surface area contributed by atoms with E-state index in [1.54, 1.807) is 17.4 Å². The molecule has 0 radical (unpaired) electrons. The molecule has 0 bridgehead atoms. The minimum absolute atomic E-state index is 0.0654. The number of aromatic nitrogens is 2. The molecular weight excluding hydrogens is 304 g/mol. The minimum Gasteiger partial charge on any atom is -0.458 e. The Kier molecular flexibility index (Phi) is 3.84. The summed E-state index contributed by atoms with van der Waals surface area (Å²) in [6.07, 6.45) is 2.72. The molecule has 8 heteroatoms. The van der Waals surface area contributed by atoms with Gasteiger partial charge in [-0.2, -0.15) is 0 Å². The van der Waals surface area contributed by atoms with Crippen molar-refractivity contribution in [3.05, 3.63) is 56.9 Å². The molecule has 3 heterocycles. The van der Waals surface area contributed by atoms with Gasteiger partial charge in [0.15, 0.2) is 5.76 Å². The lowest BCUT2D eigenvalue weighted by Gasteiger charge is -2.04. The van der Waals surface area contributed by atoms with E-state index in [9.17, 15) is 10.1 Å². The lowest BCUT2D eigenvalue weighted by atomic mass is 10.3. The number of anilines is 1. The van der Waals surface area contributed by atoms with Crippen LogP contribution in [0, 0.1) is 17.0 Å². The summed E-state index contributed by atoms with van der Waals surface area (Å²) in [5, 5.41) is 16.8. The molecule has 0 aliphatic rings. The van der Waals surface area contributed by atoms with E-state index in [4.69, 9.17) is 4.42 Å². The van der Waals surface area contributed by atoms with Gasteiger partial charge in [-0.1, -0.05) is 0 Å². The van der Waals surface area contributed by atoms with Gasteiger partial charge in [-0.15, -0.1) is 11.3 Å². The van der Waals surface area contributed by atoms with Crippen LogP contribution in [0.3, 0.4) is 0 Å². The van der Waals surface area contributed by atoms with Crippen LogP contribution in [-0.4, -0.2) is 14.9 Å². The minimum atomic E-state index is -0.471. The van der Waals surface area contributed by atoms with Gasteiger partial charge in [-0.25, -0.2) is 4.98 Å². The first-order valence-corrected chi connectivity index (χ1v) is 7.35. The maximum atomic E-state index is 10.9. The topological polar surface area (TPSA) is 94.1 Å². The third kappa shape index (κ3) is 2.96. The molecule has 0 saturated carbocycles. The molecule has 3 aromatic rings. The number of aryl methyl sites for hydroxylation is 1. The van der Waals surface area contributed by atoms with Gasteiger partial charge >= 0.3 is 5.69 Å². The summed E-state index contributed by atoms with van der Waals surface area (Å²) in [5.74, 6) is 1.36. The molecule has 0 spiro atoms. The van der Waals surface area contributed by atoms with E-state index >= 15 is 0 Å². The van der Waals surface area contributed by atoms with Gasteiger partial charge in [0.1, 0.15) is 23.3 Å². The highest BCUT2D eigenvalue weighted by molar-refractivity contribution is 7.09.